The Morgan fingerprint density at radius 3 is 2.94 bits per heavy atom. The fourth-order valence-electron chi connectivity index (χ4n) is 2.16. The number of hydrogen-bond donors (Lipinski definition) is 2. The predicted octanol–water partition coefficient (Wildman–Crippen LogP) is 1.14. The molecule has 0 bridgehead atoms. The van der Waals surface area contributed by atoms with Gasteiger partial charge in [-0.05, 0) is 18.2 Å². The molecule has 0 aliphatic carbocycles. The summed E-state index contributed by atoms with van der Waals surface area (Å²) in [6.07, 6.45) is 1.84. The molecule has 1 amide bonds. The molecule has 5 nitrogen and oxygen atoms in total. The van der Waals surface area contributed by atoms with Crippen LogP contribution in [0, 0.1) is 0 Å². The maximum atomic E-state index is 12.2. The van der Waals surface area contributed by atoms with Crippen LogP contribution >= 0.6 is 0 Å². The number of H-pyrrole nitrogens is 1. The number of ether oxygens (including phenoxy) is 1. The summed E-state index contributed by atoms with van der Waals surface area (Å²) in [6, 6.07) is 7.60. The first kappa shape index (κ1) is 11.3. The Balaban J connectivity index is 1.81. The molecule has 2 heterocycles. The first-order chi connectivity index (χ1) is 8.84. The van der Waals surface area contributed by atoms with E-state index in [1.54, 1.807) is 0 Å². The van der Waals surface area contributed by atoms with Crippen molar-refractivity contribution in [3.8, 4) is 0 Å². The minimum atomic E-state index is -0.0675. The predicted molar refractivity (Wildman–Crippen MR) is 68.2 cm³/mol. The monoisotopic (exact) mass is 245 g/mol. The van der Waals surface area contributed by atoms with Crippen molar-refractivity contribution < 1.29 is 9.53 Å². The Bertz CT molecular complexity index is 558. The summed E-state index contributed by atoms with van der Waals surface area (Å²) in [5, 5.41) is 2.85. The molecule has 3 rings (SSSR count). The van der Waals surface area contributed by atoms with Crippen molar-refractivity contribution in [3.63, 3.8) is 0 Å². The van der Waals surface area contributed by atoms with E-state index in [4.69, 9.17) is 4.74 Å². The summed E-state index contributed by atoms with van der Waals surface area (Å²) in [6.45, 7) is 2.78. The highest BCUT2D eigenvalue weighted by molar-refractivity contribution is 6.06. The summed E-state index contributed by atoms with van der Waals surface area (Å²) in [7, 11) is 0. The van der Waals surface area contributed by atoms with Gasteiger partial charge >= 0.3 is 0 Å². The molecule has 94 valence electrons. The number of hydrazine groups is 1. The number of carbonyl (C=O) groups excluding carboxylic acids is 1. The minimum absolute atomic E-state index is 0.0675. The van der Waals surface area contributed by atoms with E-state index in [1.807, 2.05) is 35.5 Å². The molecule has 1 aliphatic heterocycles. The molecule has 1 aromatic heterocycles. The summed E-state index contributed by atoms with van der Waals surface area (Å²) < 4.78 is 5.25. The van der Waals surface area contributed by atoms with Crippen molar-refractivity contribution >= 4 is 16.8 Å². The zero-order valence-electron chi connectivity index (χ0n) is 9.98. The van der Waals surface area contributed by atoms with Gasteiger partial charge in [0.1, 0.15) is 0 Å². The van der Waals surface area contributed by atoms with Crippen LogP contribution in [-0.2, 0) is 4.74 Å². The molecular weight excluding hydrogens is 230 g/mol. The van der Waals surface area contributed by atoms with Gasteiger partial charge in [-0.2, -0.15) is 0 Å². The molecule has 0 radical (unpaired) electrons. The number of aromatic amines is 1. The van der Waals surface area contributed by atoms with E-state index in [1.165, 1.54) is 0 Å². The maximum absolute atomic E-state index is 12.2. The third-order valence-electron chi connectivity index (χ3n) is 3.11. The molecule has 1 fully saturated rings. The third kappa shape index (κ3) is 2.10. The van der Waals surface area contributed by atoms with Crippen molar-refractivity contribution in [1.82, 2.24) is 15.4 Å². The fraction of sp³-hybridized carbons (Fsp3) is 0.308. The van der Waals surface area contributed by atoms with Gasteiger partial charge in [0.15, 0.2) is 0 Å². The van der Waals surface area contributed by atoms with Gasteiger partial charge in [-0.25, -0.2) is 5.01 Å². The quantitative estimate of drug-likeness (QED) is 0.834. The van der Waals surface area contributed by atoms with Crippen LogP contribution in [0.15, 0.2) is 30.5 Å². The van der Waals surface area contributed by atoms with E-state index in [0.29, 0.717) is 18.8 Å². The average molecular weight is 245 g/mol. The summed E-state index contributed by atoms with van der Waals surface area (Å²) in [4.78, 5) is 15.3. The lowest BCUT2D eigenvalue weighted by Crippen LogP contribution is -2.48. The normalized spacial score (nSPS) is 16.9. The van der Waals surface area contributed by atoms with Gasteiger partial charge in [0, 0.05) is 30.2 Å². The number of fused-ring (bicyclic) bond motifs is 1. The maximum Gasteiger partial charge on any atom is 0.266 e. The van der Waals surface area contributed by atoms with Crippen molar-refractivity contribution in [1.29, 1.82) is 0 Å². The van der Waals surface area contributed by atoms with Gasteiger partial charge in [0.25, 0.3) is 5.91 Å². The number of rotatable bonds is 2. The van der Waals surface area contributed by atoms with Gasteiger partial charge in [-0.1, -0.05) is 6.07 Å². The Labute approximate surface area is 105 Å². The first-order valence-corrected chi connectivity index (χ1v) is 6.04. The van der Waals surface area contributed by atoms with Crippen LogP contribution in [0.5, 0.6) is 0 Å². The molecule has 0 saturated carbocycles. The lowest BCUT2D eigenvalue weighted by Gasteiger charge is -2.27. The van der Waals surface area contributed by atoms with E-state index in [2.05, 4.69) is 10.4 Å². The Morgan fingerprint density at radius 1 is 1.28 bits per heavy atom. The van der Waals surface area contributed by atoms with E-state index < -0.39 is 0 Å². The van der Waals surface area contributed by atoms with Crippen LogP contribution in [-0.4, -0.2) is 42.2 Å². The number of benzene rings is 1. The Hall–Kier alpha value is -1.85. The van der Waals surface area contributed by atoms with E-state index in [0.717, 1.165) is 24.0 Å². The zero-order valence-corrected chi connectivity index (χ0v) is 9.98. The van der Waals surface area contributed by atoms with Gasteiger partial charge < -0.3 is 9.72 Å². The lowest BCUT2D eigenvalue weighted by atomic mass is 10.1. The number of hydrogen-bond acceptors (Lipinski definition) is 3. The molecule has 1 aliphatic rings. The van der Waals surface area contributed by atoms with E-state index >= 15 is 0 Å². The van der Waals surface area contributed by atoms with Crippen LogP contribution in [0.4, 0.5) is 0 Å². The smallest absolute Gasteiger partial charge is 0.266 e. The molecular formula is C13H15N3O2. The van der Waals surface area contributed by atoms with Crippen LogP contribution in [0.1, 0.15) is 10.4 Å². The molecule has 0 unspecified atom stereocenters. The third-order valence-corrected chi connectivity index (χ3v) is 3.11. The number of amides is 1. The molecule has 2 N–H and O–H groups in total. The highest BCUT2D eigenvalue weighted by Crippen LogP contribution is 2.17. The molecule has 18 heavy (non-hydrogen) atoms. The van der Waals surface area contributed by atoms with Crippen LogP contribution in [0.3, 0.4) is 0 Å². The van der Waals surface area contributed by atoms with Gasteiger partial charge in [0.05, 0.1) is 18.8 Å². The first-order valence-electron chi connectivity index (χ1n) is 6.04. The number of nitrogens with one attached hydrogen (secondary N) is 2. The second-order valence-corrected chi connectivity index (χ2v) is 4.28. The number of carbonyl (C=O) groups is 1. The molecule has 0 spiro atoms. The zero-order chi connectivity index (χ0) is 12.4. The Morgan fingerprint density at radius 2 is 2.11 bits per heavy atom. The SMILES string of the molecule is O=C(NN1CCOCC1)c1cccc2[nH]ccc12. The van der Waals surface area contributed by atoms with Gasteiger partial charge in [-0.15, -0.1) is 0 Å². The van der Waals surface area contributed by atoms with E-state index in [-0.39, 0.29) is 5.91 Å². The summed E-state index contributed by atoms with van der Waals surface area (Å²) in [5.41, 5.74) is 4.59. The second-order valence-electron chi connectivity index (χ2n) is 4.28. The van der Waals surface area contributed by atoms with Crippen molar-refractivity contribution in [2.75, 3.05) is 26.3 Å². The van der Waals surface area contributed by atoms with Crippen molar-refractivity contribution in [3.05, 3.63) is 36.0 Å². The topological polar surface area (TPSA) is 57.4 Å². The average Bonchev–Trinajstić information content (AvgIpc) is 2.87. The van der Waals surface area contributed by atoms with E-state index in [9.17, 15) is 4.79 Å². The van der Waals surface area contributed by atoms with Crippen molar-refractivity contribution in [2.24, 2.45) is 0 Å². The molecule has 1 aromatic carbocycles. The number of aromatic nitrogens is 1. The summed E-state index contributed by atoms with van der Waals surface area (Å²) in [5.74, 6) is -0.0675. The lowest BCUT2D eigenvalue weighted by molar-refractivity contribution is 0.0127. The van der Waals surface area contributed by atoms with Gasteiger partial charge in [0.2, 0.25) is 0 Å². The standard InChI is InChI=1S/C13H15N3O2/c17-13(15-16-6-8-18-9-7-16)11-2-1-3-12-10(11)4-5-14-12/h1-5,14H,6-9H2,(H,15,17). The molecule has 0 atom stereocenters. The Kier molecular flexibility index (Phi) is 3.00. The molecule has 5 heteroatoms. The van der Waals surface area contributed by atoms with Crippen molar-refractivity contribution in [2.45, 2.75) is 0 Å². The fourth-order valence-corrected chi connectivity index (χ4v) is 2.16. The highest BCUT2D eigenvalue weighted by atomic mass is 16.5. The highest BCUT2D eigenvalue weighted by Gasteiger charge is 2.16. The summed E-state index contributed by atoms with van der Waals surface area (Å²) >= 11 is 0. The van der Waals surface area contributed by atoms with Crippen LogP contribution in [0.25, 0.3) is 10.9 Å². The minimum Gasteiger partial charge on any atom is -0.379 e. The van der Waals surface area contributed by atoms with Gasteiger partial charge in [-0.3, -0.25) is 10.2 Å². The second kappa shape index (κ2) is 4.80. The molecule has 2 aromatic rings. The largest absolute Gasteiger partial charge is 0.379 e. The number of nitrogens with zero attached hydrogens (tertiary/aromatic N) is 1. The molecule has 1 saturated heterocycles. The van der Waals surface area contributed by atoms with Crippen LogP contribution in [0.2, 0.25) is 0 Å². The number of morpholine rings is 1. The van der Waals surface area contributed by atoms with Crippen LogP contribution < -0.4 is 5.43 Å².